The van der Waals surface area contributed by atoms with Gasteiger partial charge in [-0.3, -0.25) is 0 Å². The predicted molar refractivity (Wildman–Crippen MR) is 97.2 cm³/mol. The van der Waals surface area contributed by atoms with Crippen LogP contribution in [-0.4, -0.2) is 35.5 Å². The van der Waals surface area contributed by atoms with Crippen LogP contribution in [0, 0.1) is 0 Å². The van der Waals surface area contributed by atoms with Crippen molar-refractivity contribution in [3.8, 4) is 11.5 Å². The quantitative estimate of drug-likeness (QED) is 0.692. The van der Waals surface area contributed by atoms with Gasteiger partial charge in [-0.2, -0.15) is 0 Å². The molecule has 1 N–H and O–H groups in total. The number of nitrogens with one attached hydrogen (secondary N) is 1. The molecular formula is C17H20N4O2S. The van der Waals surface area contributed by atoms with Crippen LogP contribution >= 0.6 is 11.8 Å². The topological polar surface area (TPSA) is 61.2 Å². The van der Waals surface area contributed by atoms with Crippen LogP contribution in [0.15, 0.2) is 35.2 Å². The summed E-state index contributed by atoms with van der Waals surface area (Å²) < 4.78 is 12.5. The molecule has 126 valence electrons. The Bertz CT molecular complexity index is 863. The molecule has 6 nitrogen and oxygen atoms in total. The van der Waals surface area contributed by atoms with E-state index >= 15 is 0 Å². The lowest BCUT2D eigenvalue weighted by atomic mass is 10.2. The van der Waals surface area contributed by atoms with Gasteiger partial charge < -0.3 is 14.8 Å². The number of hydrogen-bond acceptors (Lipinski definition) is 6. The smallest absolute Gasteiger partial charge is 0.161 e. The minimum Gasteiger partial charge on any atom is -0.493 e. The van der Waals surface area contributed by atoms with E-state index in [4.69, 9.17) is 9.47 Å². The second kappa shape index (κ2) is 7.00. The molecule has 0 atom stereocenters. The van der Waals surface area contributed by atoms with Gasteiger partial charge in [0.05, 0.1) is 19.7 Å². The van der Waals surface area contributed by atoms with Gasteiger partial charge in [0.1, 0.15) is 5.52 Å². The van der Waals surface area contributed by atoms with E-state index < -0.39 is 0 Å². The fraction of sp³-hybridized carbons (Fsp3) is 0.294. The standard InChI is InChI=1S/C17H20N4O2S/c1-21-14-6-5-12(8-13(14)19-20-21)18-10-11-7-15(22-2)16(23-3)9-17(11)24-4/h5-9,18H,10H2,1-4H3. The van der Waals surface area contributed by atoms with E-state index in [9.17, 15) is 0 Å². The Morgan fingerprint density at radius 3 is 2.58 bits per heavy atom. The maximum Gasteiger partial charge on any atom is 0.161 e. The van der Waals surface area contributed by atoms with Crippen LogP contribution in [0.2, 0.25) is 0 Å². The monoisotopic (exact) mass is 344 g/mol. The maximum absolute atomic E-state index is 5.41. The molecule has 0 saturated heterocycles. The van der Waals surface area contributed by atoms with Crippen molar-refractivity contribution in [2.45, 2.75) is 11.4 Å². The third-order valence-corrected chi connectivity index (χ3v) is 4.70. The molecule has 0 aliphatic heterocycles. The summed E-state index contributed by atoms with van der Waals surface area (Å²) in [5.41, 5.74) is 4.04. The van der Waals surface area contributed by atoms with Crippen molar-refractivity contribution in [2.24, 2.45) is 7.05 Å². The molecule has 0 saturated carbocycles. The zero-order valence-corrected chi connectivity index (χ0v) is 15.0. The molecular weight excluding hydrogens is 324 g/mol. The van der Waals surface area contributed by atoms with Crippen LogP contribution in [0.1, 0.15) is 5.56 Å². The van der Waals surface area contributed by atoms with Crippen LogP contribution in [-0.2, 0) is 13.6 Å². The molecule has 24 heavy (non-hydrogen) atoms. The van der Waals surface area contributed by atoms with Gasteiger partial charge >= 0.3 is 0 Å². The Balaban J connectivity index is 1.84. The third-order valence-electron chi connectivity index (χ3n) is 3.88. The molecule has 0 radical (unpaired) electrons. The lowest BCUT2D eigenvalue weighted by Gasteiger charge is -2.14. The average Bonchev–Trinajstić information content (AvgIpc) is 2.99. The van der Waals surface area contributed by atoms with Crippen molar-refractivity contribution in [3.63, 3.8) is 0 Å². The summed E-state index contributed by atoms with van der Waals surface area (Å²) >= 11 is 1.68. The van der Waals surface area contributed by atoms with Crippen molar-refractivity contribution in [3.05, 3.63) is 35.9 Å². The van der Waals surface area contributed by atoms with Gasteiger partial charge in [-0.05, 0) is 42.2 Å². The molecule has 2 aromatic carbocycles. The lowest BCUT2D eigenvalue weighted by Crippen LogP contribution is -2.02. The highest BCUT2D eigenvalue weighted by molar-refractivity contribution is 7.98. The first kappa shape index (κ1) is 16.4. The molecule has 3 rings (SSSR count). The fourth-order valence-corrected chi connectivity index (χ4v) is 3.20. The first-order chi connectivity index (χ1) is 11.7. The number of methoxy groups -OCH3 is 2. The molecule has 1 heterocycles. The molecule has 0 bridgehead atoms. The van der Waals surface area contributed by atoms with E-state index in [1.54, 1.807) is 30.7 Å². The number of rotatable bonds is 6. The van der Waals surface area contributed by atoms with Crippen LogP contribution in [0.5, 0.6) is 11.5 Å². The van der Waals surface area contributed by atoms with Crippen molar-refractivity contribution >= 4 is 28.5 Å². The molecule has 0 unspecified atom stereocenters. The Morgan fingerprint density at radius 2 is 1.88 bits per heavy atom. The van der Waals surface area contributed by atoms with Crippen LogP contribution in [0.4, 0.5) is 5.69 Å². The van der Waals surface area contributed by atoms with Crippen LogP contribution in [0.3, 0.4) is 0 Å². The average molecular weight is 344 g/mol. The number of thioether (sulfide) groups is 1. The molecule has 1 aromatic heterocycles. The summed E-state index contributed by atoms with van der Waals surface area (Å²) in [6.07, 6.45) is 2.05. The third kappa shape index (κ3) is 3.12. The number of fused-ring (bicyclic) bond motifs is 1. The van der Waals surface area contributed by atoms with Crippen molar-refractivity contribution in [1.29, 1.82) is 0 Å². The van der Waals surface area contributed by atoms with Gasteiger partial charge in [-0.15, -0.1) is 16.9 Å². The second-order valence-electron chi connectivity index (χ2n) is 5.29. The maximum atomic E-state index is 5.41. The number of aryl methyl sites for hydroxylation is 1. The number of hydrogen-bond donors (Lipinski definition) is 1. The molecule has 0 aliphatic rings. The highest BCUT2D eigenvalue weighted by atomic mass is 32.2. The largest absolute Gasteiger partial charge is 0.493 e. The van der Waals surface area contributed by atoms with Gasteiger partial charge in [0, 0.05) is 24.2 Å². The normalized spacial score (nSPS) is 10.8. The lowest BCUT2D eigenvalue weighted by molar-refractivity contribution is 0.353. The minimum atomic E-state index is 0.683. The first-order valence-electron chi connectivity index (χ1n) is 7.48. The van der Waals surface area contributed by atoms with Gasteiger partial charge in [-0.25, -0.2) is 4.68 Å². The van der Waals surface area contributed by atoms with Crippen LogP contribution in [0.25, 0.3) is 11.0 Å². The summed E-state index contributed by atoms with van der Waals surface area (Å²) in [5, 5.41) is 11.6. The number of benzene rings is 2. The molecule has 7 heteroatoms. The Hall–Kier alpha value is -2.41. The van der Waals surface area contributed by atoms with E-state index in [2.05, 4.69) is 21.9 Å². The summed E-state index contributed by atoms with van der Waals surface area (Å²) in [5.74, 6) is 1.48. The number of nitrogens with zero attached hydrogens (tertiary/aromatic N) is 3. The Kier molecular flexibility index (Phi) is 4.80. The van der Waals surface area contributed by atoms with Gasteiger partial charge in [-0.1, -0.05) is 5.21 Å². The van der Waals surface area contributed by atoms with Gasteiger partial charge in [0.15, 0.2) is 11.5 Å². The van der Waals surface area contributed by atoms with Crippen molar-refractivity contribution in [2.75, 3.05) is 25.8 Å². The second-order valence-corrected chi connectivity index (χ2v) is 6.14. The van der Waals surface area contributed by atoms with Crippen molar-refractivity contribution < 1.29 is 9.47 Å². The minimum absolute atomic E-state index is 0.683. The van der Waals surface area contributed by atoms with E-state index in [0.717, 1.165) is 38.7 Å². The van der Waals surface area contributed by atoms with Crippen molar-refractivity contribution in [1.82, 2.24) is 15.0 Å². The zero-order valence-electron chi connectivity index (χ0n) is 14.2. The predicted octanol–water partition coefficient (Wildman–Crippen LogP) is 3.32. The van der Waals surface area contributed by atoms with Crippen LogP contribution < -0.4 is 14.8 Å². The highest BCUT2D eigenvalue weighted by Gasteiger charge is 2.11. The summed E-state index contributed by atoms with van der Waals surface area (Å²) in [7, 11) is 5.18. The molecule has 3 aromatic rings. The summed E-state index contributed by atoms with van der Waals surface area (Å²) in [4.78, 5) is 1.15. The SMILES string of the molecule is COc1cc(CNc2ccc3c(c2)nnn3C)c(SC)cc1OC. The fourth-order valence-electron chi connectivity index (χ4n) is 2.58. The molecule has 0 spiro atoms. The Morgan fingerprint density at radius 1 is 1.12 bits per heavy atom. The van der Waals surface area contributed by atoms with E-state index in [1.807, 2.05) is 37.4 Å². The zero-order chi connectivity index (χ0) is 17.1. The van der Waals surface area contributed by atoms with Gasteiger partial charge in [0.25, 0.3) is 0 Å². The molecule has 0 amide bonds. The van der Waals surface area contributed by atoms with E-state index in [1.165, 1.54) is 0 Å². The number of aromatic nitrogens is 3. The highest BCUT2D eigenvalue weighted by Crippen LogP contribution is 2.35. The van der Waals surface area contributed by atoms with Gasteiger partial charge in [0.2, 0.25) is 0 Å². The molecule has 0 fully saturated rings. The summed E-state index contributed by atoms with van der Waals surface area (Å²) in [6, 6.07) is 10.1. The summed E-state index contributed by atoms with van der Waals surface area (Å²) in [6.45, 7) is 0.683. The molecule has 0 aliphatic carbocycles. The van der Waals surface area contributed by atoms with E-state index in [0.29, 0.717) is 6.54 Å². The Labute approximate surface area is 145 Å². The first-order valence-corrected chi connectivity index (χ1v) is 8.71. The number of ether oxygens (including phenoxy) is 2. The van der Waals surface area contributed by atoms with E-state index in [-0.39, 0.29) is 0 Å². The number of anilines is 1.